The summed E-state index contributed by atoms with van der Waals surface area (Å²) in [5.41, 5.74) is 0. The van der Waals surface area contributed by atoms with E-state index in [1.165, 1.54) is 0 Å². The van der Waals surface area contributed by atoms with Gasteiger partial charge in [-0.3, -0.25) is 0 Å². The SMILES string of the molecule is O=CC1(S)C=CC=CC1. The summed E-state index contributed by atoms with van der Waals surface area (Å²) in [6.45, 7) is 0. The molecule has 0 heterocycles. The lowest BCUT2D eigenvalue weighted by Crippen LogP contribution is -2.20. The van der Waals surface area contributed by atoms with E-state index in [2.05, 4.69) is 12.6 Å². The van der Waals surface area contributed by atoms with Gasteiger partial charge in [-0.1, -0.05) is 24.3 Å². The van der Waals surface area contributed by atoms with E-state index in [0.717, 1.165) is 6.29 Å². The van der Waals surface area contributed by atoms with Crippen molar-refractivity contribution in [2.24, 2.45) is 0 Å². The first kappa shape index (κ1) is 6.62. The minimum atomic E-state index is -0.533. The van der Waals surface area contributed by atoms with E-state index in [1.807, 2.05) is 18.2 Å². The predicted octanol–water partition coefficient (Wildman–Crippen LogP) is 1.37. The second-order valence-electron chi connectivity index (χ2n) is 2.10. The Morgan fingerprint density at radius 1 is 1.56 bits per heavy atom. The van der Waals surface area contributed by atoms with Crippen molar-refractivity contribution in [2.75, 3.05) is 0 Å². The Bertz CT molecular complexity index is 172. The lowest BCUT2D eigenvalue weighted by atomic mass is 10.0. The van der Waals surface area contributed by atoms with Crippen molar-refractivity contribution in [3.05, 3.63) is 24.3 Å². The molecule has 1 unspecified atom stereocenters. The first-order valence-corrected chi connectivity index (χ1v) is 3.25. The summed E-state index contributed by atoms with van der Waals surface area (Å²) in [5, 5.41) is 0. The lowest BCUT2D eigenvalue weighted by molar-refractivity contribution is -0.108. The van der Waals surface area contributed by atoms with Crippen LogP contribution >= 0.6 is 12.6 Å². The Hall–Kier alpha value is -0.500. The Morgan fingerprint density at radius 2 is 2.33 bits per heavy atom. The van der Waals surface area contributed by atoms with Gasteiger partial charge in [0.05, 0.1) is 4.75 Å². The van der Waals surface area contributed by atoms with Crippen molar-refractivity contribution in [3.8, 4) is 0 Å². The van der Waals surface area contributed by atoms with Gasteiger partial charge in [-0.25, -0.2) is 0 Å². The summed E-state index contributed by atoms with van der Waals surface area (Å²) >= 11 is 4.14. The first-order valence-electron chi connectivity index (χ1n) is 2.80. The second-order valence-corrected chi connectivity index (χ2v) is 2.93. The summed E-state index contributed by atoms with van der Waals surface area (Å²) in [4.78, 5) is 10.3. The molecule has 1 nitrogen and oxygen atoms in total. The molecule has 1 rings (SSSR count). The molecule has 0 spiro atoms. The molecule has 0 bridgehead atoms. The van der Waals surface area contributed by atoms with Gasteiger partial charge in [0.15, 0.2) is 0 Å². The smallest absolute Gasteiger partial charge is 0.139 e. The maximum atomic E-state index is 10.3. The van der Waals surface area contributed by atoms with Gasteiger partial charge in [0.1, 0.15) is 6.29 Å². The Balaban J connectivity index is 2.73. The molecule has 1 atom stereocenters. The number of thiol groups is 1. The largest absolute Gasteiger partial charge is 0.301 e. The number of hydrogen-bond acceptors (Lipinski definition) is 2. The number of aldehydes is 1. The molecule has 0 amide bonds. The van der Waals surface area contributed by atoms with E-state index in [4.69, 9.17) is 0 Å². The molecule has 0 fully saturated rings. The van der Waals surface area contributed by atoms with E-state index < -0.39 is 4.75 Å². The third-order valence-electron chi connectivity index (χ3n) is 1.28. The minimum absolute atomic E-state index is 0.533. The average molecular weight is 140 g/mol. The van der Waals surface area contributed by atoms with Gasteiger partial charge in [0, 0.05) is 0 Å². The highest BCUT2D eigenvalue weighted by atomic mass is 32.1. The zero-order valence-corrected chi connectivity index (χ0v) is 5.84. The maximum Gasteiger partial charge on any atom is 0.139 e. The van der Waals surface area contributed by atoms with Crippen LogP contribution in [0.2, 0.25) is 0 Å². The molecule has 0 saturated carbocycles. The van der Waals surface area contributed by atoms with Crippen LogP contribution in [0.5, 0.6) is 0 Å². The highest BCUT2D eigenvalue weighted by Gasteiger charge is 2.19. The molecule has 2 heteroatoms. The Kier molecular flexibility index (Phi) is 1.76. The predicted molar refractivity (Wildman–Crippen MR) is 40.7 cm³/mol. The van der Waals surface area contributed by atoms with Crippen molar-refractivity contribution in [3.63, 3.8) is 0 Å². The van der Waals surface area contributed by atoms with Crippen LogP contribution < -0.4 is 0 Å². The van der Waals surface area contributed by atoms with Crippen LogP contribution in [0.4, 0.5) is 0 Å². The van der Waals surface area contributed by atoms with Gasteiger partial charge >= 0.3 is 0 Å². The van der Waals surface area contributed by atoms with Gasteiger partial charge in [-0.05, 0) is 6.42 Å². The summed E-state index contributed by atoms with van der Waals surface area (Å²) in [6.07, 6.45) is 9.04. The molecule has 0 aromatic carbocycles. The molecule has 0 aromatic rings. The highest BCUT2D eigenvalue weighted by Crippen LogP contribution is 2.21. The maximum absolute atomic E-state index is 10.3. The highest BCUT2D eigenvalue weighted by molar-refractivity contribution is 7.82. The standard InChI is InChI=1S/C7H8OS/c8-6-7(9)4-2-1-3-5-7/h1-4,6,9H,5H2. The van der Waals surface area contributed by atoms with E-state index in [9.17, 15) is 4.79 Å². The number of hydrogen-bond donors (Lipinski definition) is 1. The van der Waals surface area contributed by atoms with Crippen molar-refractivity contribution >= 4 is 18.9 Å². The number of carbonyl (C=O) groups is 1. The third kappa shape index (κ3) is 1.45. The van der Waals surface area contributed by atoms with Crippen LogP contribution in [0.3, 0.4) is 0 Å². The van der Waals surface area contributed by atoms with Crippen LogP contribution in [0.1, 0.15) is 6.42 Å². The van der Waals surface area contributed by atoms with Gasteiger partial charge in [-0.15, -0.1) is 0 Å². The molecule has 1 aliphatic carbocycles. The molecular weight excluding hydrogens is 132 g/mol. The zero-order valence-electron chi connectivity index (χ0n) is 4.95. The van der Waals surface area contributed by atoms with E-state index >= 15 is 0 Å². The molecule has 0 aliphatic heterocycles. The molecule has 9 heavy (non-hydrogen) atoms. The first-order chi connectivity index (χ1) is 4.27. The van der Waals surface area contributed by atoms with E-state index in [0.29, 0.717) is 6.42 Å². The molecule has 0 radical (unpaired) electrons. The van der Waals surface area contributed by atoms with Crippen LogP contribution in [-0.4, -0.2) is 11.0 Å². The summed E-state index contributed by atoms with van der Waals surface area (Å²) in [7, 11) is 0. The van der Waals surface area contributed by atoms with Crippen LogP contribution in [0, 0.1) is 0 Å². The van der Waals surface area contributed by atoms with Crippen LogP contribution in [0.25, 0.3) is 0 Å². The molecular formula is C7H8OS. The number of carbonyl (C=O) groups excluding carboxylic acids is 1. The zero-order chi connectivity index (χ0) is 6.74. The molecule has 0 N–H and O–H groups in total. The van der Waals surface area contributed by atoms with Crippen molar-refractivity contribution < 1.29 is 4.79 Å². The number of allylic oxidation sites excluding steroid dienone is 3. The van der Waals surface area contributed by atoms with E-state index in [-0.39, 0.29) is 0 Å². The van der Waals surface area contributed by atoms with Gasteiger partial charge in [0.2, 0.25) is 0 Å². The molecule has 1 aliphatic rings. The van der Waals surface area contributed by atoms with Crippen molar-refractivity contribution in [1.82, 2.24) is 0 Å². The van der Waals surface area contributed by atoms with Crippen LogP contribution in [0.15, 0.2) is 24.3 Å². The topological polar surface area (TPSA) is 17.1 Å². The number of rotatable bonds is 1. The van der Waals surface area contributed by atoms with E-state index in [1.54, 1.807) is 6.08 Å². The fourth-order valence-electron chi connectivity index (χ4n) is 0.713. The molecule has 48 valence electrons. The van der Waals surface area contributed by atoms with Crippen molar-refractivity contribution in [2.45, 2.75) is 11.2 Å². The van der Waals surface area contributed by atoms with Crippen molar-refractivity contribution in [1.29, 1.82) is 0 Å². The Morgan fingerprint density at radius 3 is 2.67 bits per heavy atom. The van der Waals surface area contributed by atoms with Crippen LogP contribution in [-0.2, 0) is 4.79 Å². The summed E-state index contributed by atoms with van der Waals surface area (Å²) in [5.74, 6) is 0. The molecule has 0 saturated heterocycles. The Labute approximate surface area is 59.9 Å². The summed E-state index contributed by atoms with van der Waals surface area (Å²) < 4.78 is -0.533. The fraction of sp³-hybridized carbons (Fsp3) is 0.286. The minimum Gasteiger partial charge on any atom is -0.301 e. The normalized spacial score (nSPS) is 32.6. The fourth-order valence-corrected chi connectivity index (χ4v) is 0.904. The molecule has 0 aromatic heterocycles. The van der Waals surface area contributed by atoms with Gasteiger partial charge in [-0.2, -0.15) is 12.6 Å². The van der Waals surface area contributed by atoms with Gasteiger partial charge < -0.3 is 4.79 Å². The monoisotopic (exact) mass is 140 g/mol. The van der Waals surface area contributed by atoms with Gasteiger partial charge in [0.25, 0.3) is 0 Å². The summed E-state index contributed by atoms with van der Waals surface area (Å²) in [6, 6.07) is 0. The quantitative estimate of drug-likeness (QED) is 0.430. The third-order valence-corrected chi connectivity index (χ3v) is 1.72. The second kappa shape index (κ2) is 2.40. The lowest BCUT2D eigenvalue weighted by Gasteiger charge is -2.16. The average Bonchev–Trinajstić information content (AvgIpc) is 1.90.